The van der Waals surface area contributed by atoms with Crippen LogP contribution in [0.25, 0.3) is 0 Å². The number of aromatic nitrogens is 1. The zero-order chi connectivity index (χ0) is 42.8. The normalized spacial score (nSPS) is 39.7. The van der Waals surface area contributed by atoms with Crippen molar-refractivity contribution in [1.82, 2.24) is 10.3 Å². The number of ketones is 1. The van der Waals surface area contributed by atoms with Gasteiger partial charge >= 0.3 is 11.9 Å². The molecular formula is C45H56Cl2N2O10. The van der Waals surface area contributed by atoms with Gasteiger partial charge in [-0.05, 0) is 89.0 Å². The van der Waals surface area contributed by atoms with Gasteiger partial charge in [0.15, 0.2) is 11.9 Å². The molecule has 6 aliphatic rings. The van der Waals surface area contributed by atoms with E-state index in [9.17, 15) is 29.7 Å². The van der Waals surface area contributed by atoms with Crippen molar-refractivity contribution >= 4 is 46.8 Å². The zero-order valence-electron chi connectivity index (χ0n) is 34.4. The number of carboxylic acids is 1. The van der Waals surface area contributed by atoms with Gasteiger partial charge in [0.1, 0.15) is 22.2 Å². The van der Waals surface area contributed by atoms with Crippen LogP contribution in [-0.4, -0.2) is 80.2 Å². The van der Waals surface area contributed by atoms with Gasteiger partial charge in [0.05, 0.1) is 34.8 Å². The quantitative estimate of drug-likeness (QED) is 0.102. The molecule has 0 aromatic carbocycles. The number of hydrogen-bond acceptors (Lipinski definition) is 9. The lowest BCUT2D eigenvalue weighted by atomic mass is 9.51. The number of halogens is 2. The van der Waals surface area contributed by atoms with E-state index < -0.39 is 76.6 Å². The Morgan fingerprint density at radius 3 is 2.49 bits per heavy atom. The van der Waals surface area contributed by atoms with Crippen molar-refractivity contribution in [2.75, 3.05) is 0 Å². The number of aromatic amines is 1. The van der Waals surface area contributed by atoms with Crippen LogP contribution in [0.4, 0.5) is 0 Å². The number of rotatable bonds is 7. The average molecular weight is 856 g/mol. The molecule has 2 aliphatic heterocycles. The first kappa shape index (κ1) is 43.4. The fraction of sp³-hybridized carbons (Fsp3) is 0.600. The van der Waals surface area contributed by atoms with Crippen LogP contribution in [0.3, 0.4) is 0 Å². The number of nitrogens with one attached hydrogen (secondary N) is 2. The number of allylic oxidation sites excluding steroid dienone is 5. The van der Waals surface area contributed by atoms with E-state index in [0.717, 1.165) is 12.0 Å². The van der Waals surface area contributed by atoms with Crippen molar-refractivity contribution in [2.24, 2.45) is 40.4 Å². The first-order valence-electron chi connectivity index (χ1n) is 20.9. The second-order valence-electron chi connectivity index (χ2n) is 17.8. The van der Waals surface area contributed by atoms with Crippen molar-refractivity contribution in [3.8, 4) is 0 Å². The predicted molar refractivity (Wildman–Crippen MR) is 220 cm³/mol. The largest absolute Gasteiger partial charge is 0.511 e. The molecule has 13 atom stereocenters. The number of hydrogen-bond donors (Lipinski definition) is 5. The van der Waals surface area contributed by atoms with Gasteiger partial charge in [-0.25, -0.2) is 9.59 Å². The van der Waals surface area contributed by atoms with E-state index in [-0.39, 0.29) is 69.3 Å². The van der Waals surface area contributed by atoms with Crippen LogP contribution in [0.1, 0.15) is 103 Å². The third-order valence-corrected chi connectivity index (χ3v) is 14.9. The summed E-state index contributed by atoms with van der Waals surface area (Å²) >= 11 is 12.2. The Balaban J connectivity index is 1.23. The second kappa shape index (κ2) is 16.3. The van der Waals surface area contributed by atoms with E-state index in [1.165, 1.54) is 6.07 Å². The maximum Gasteiger partial charge on any atom is 0.346 e. The number of fused-ring (bicyclic) bond motifs is 4. The highest BCUT2D eigenvalue weighted by Crippen LogP contribution is 2.61. The number of esters is 1. The summed E-state index contributed by atoms with van der Waals surface area (Å²) < 4.78 is 19.4. The Labute approximate surface area is 355 Å². The summed E-state index contributed by atoms with van der Waals surface area (Å²) in [5, 5.41) is 37.6. The Kier molecular flexibility index (Phi) is 12.0. The summed E-state index contributed by atoms with van der Waals surface area (Å²) in [5.41, 5.74) is -3.32. The molecule has 1 aromatic heterocycles. The number of carbonyl (C=O) groups excluding carboxylic acids is 3. The molecule has 2 saturated heterocycles. The van der Waals surface area contributed by atoms with Gasteiger partial charge < -0.3 is 39.8 Å². The van der Waals surface area contributed by atoms with Crippen molar-refractivity contribution in [3.63, 3.8) is 0 Å². The van der Waals surface area contributed by atoms with Gasteiger partial charge in [0, 0.05) is 29.7 Å². The van der Waals surface area contributed by atoms with E-state index in [2.05, 4.69) is 41.5 Å². The number of aliphatic hydroxyl groups excluding tert-OH is 2. The van der Waals surface area contributed by atoms with Crippen molar-refractivity contribution < 1.29 is 48.7 Å². The summed E-state index contributed by atoms with van der Waals surface area (Å²) in [6.45, 7) is 11.4. The number of aliphatic hydroxyl groups is 2. The summed E-state index contributed by atoms with van der Waals surface area (Å²) in [4.78, 5) is 57.7. The minimum Gasteiger partial charge on any atom is -0.511 e. The van der Waals surface area contributed by atoms with E-state index in [0.29, 0.717) is 32.1 Å². The first-order valence-corrected chi connectivity index (χ1v) is 21.7. The molecule has 3 fully saturated rings. The van der Waals surface area contributed by atoms with Crippen molar-refractivity contribution in [2.45, 2.75) is 129 Å². The maximum atomic E-state index is 15.2. The van der Waals surface area contributed by atoms with Crippen LogP contribution >= 0.6 is 23.2 Å². The van der Waals surface area contributed by atoms with Gasteiger partial charge in [-0.3, -0.25) is 9.59 Å². The lowest BCUT2D eigenvalue weighted by molar-refractivity contribution is -0.258. The molecule has 0 radical (unpaired) electrons. The fourth-order valence-corrected chi connectivity index (χ4v) is 11.9. The minimum atomic E-state index is -1.75. The molecular weight excluding hydrogens is 799 g/mol. The Morgan fingerprint density at radius 1 is 1.10 bits per heavy atom. The molecule has 3 heterocycles. The van der Waals surface area contributed by atoms with Crippen molar-refractivity contribution in [1.29, 1.82) is 0 Å². The molecule has 5 N–H and O–H groups in total. The highest BCUT2D eigenvalue weighted by molar-refractivity contribution is 6.36. The topological polar surface area (TPSA) is 184 Å². The van der Waals surface area contributed by atoms with E-state index >= 15 is 4.79 Å². The number of aliphatic carboxylic acids is 1. The van der Waals surface area contributed by atoms with Crippen LogP contribution in [0.15, 0.2) is 65.0 Å². The number of carbonyl (C=O) groups is 4. The summed E-state index contributed by atoms with van der Waals surface area (Å²) in [6, 6.07) is 0.664. The minimum absolute atomic E-state index is 0.0225. The number of carboxylic acid groups (broad SMARTS) is 1. The van der Waals surface area contributed by atoms with Crippen LogP contribution < -0.4 is 5.32 Å². The van der Waals surface area contributed by atoms with Gasteiger partial charge in [-0.2, -0.15) is 0 Å². The zero-order valence-corrected chi connectivity index (χ0v) is 35.9. The molecule has 1 aromatic rings. The smallest absolute Gasteiger partial charge is 0.346 e. The maximum absolute atomic E-state index is 15.2. The van der Waals surface area contributed by atoms with Crippen LogP contribution in [0, 0.1) is 40.4 Å². The summed E-state index contributed by atoms with van der Waals surface area (Å²) in [6.07, 6.45) is 12.3. The van der Waals surface area contributed by atoms with Crippen LogP contribution in [-0.2, 0) is 28.6 Å². The first-order chi connectivity index (χ1) is 27.9. The third kappa shape index (κ3) is 7.24. The Bertz CT molecular complexity index is 2040. The molecule has 4 aliphatic carbocycles. The second-order valence-corrected chi connectivity index (χ2v) is 18.6. The van der Waals surface area contributed by atoms with E-state index in [1.807, 2.05) is 26.8 Å². The number of amides is 1. The van der Waals surface area contributed by atoms with Crippen molar-refractivity contribution in [3.05, 3.63) is 80.9 Å². The molecule has 12 nitrogen and oxygen atoms in total. The van der Waals surface area contributed by atoms with Gasteiger partial charge in [0.2, 0.25) is 5.78 Å². The van der Waals surface area contributed by atoms with Crippen LogP contribution in [0.2, 0.25) is 10.2 Å². The average Bonchev–Trinajstić information content (AvgIpc) is 3.65. The molecule has 320 valence electrons. The molecule has 2 bridgehead atoms. The van der Waals surface area contributed by atoms with Gasteiger partial charge in [-0.15, -0.1) is 0 Å². The van der Waals surface area contributed by atoms with Crippen LogP contribution in [0.5, 0.6) is 0 Å². The fourth-order valence-electron chi connectivity index (χ4n) is 11.4. The Morgan fingerprint density at radius 2 is 1.85 bits per heavy atom. The molecule has 0 unspecified atom stereocenters. The Hall–Kier alpha value is -3.68. The molecule has 1 amide bonds. The number of Topliss-reactive ketones (excluding diaryl/α,β-unsaturated/α-hetero) is 1. The number of ether oxygens (including phenoxy) is 3. The summed E-state index contributed by atoms with van der Waals surface area (Å²) in [7, 11) is 0. The third-order valence-electron chi connectivity index (χ3n) is 14.4. The standard InChI is InChI=1S/C45H56Cl2N2O10/c1-7-25-20-45-39(52)34(42(56)59-45)38(51)44(8-2)26(12-10-9-11-22(3)19-43(45,6)21-28(25)41(54)55)14-15-27-29(44)16-13-23(4)37(27)58-33-18-31(50)35(24(5)57-33)49-40(53)36-30(46)17-32(47)48-36/h9-10,14-15,17,19,21,23-27,29,31,33,35,37,48,50-51H,7-8,11-13,16,18,20H2,1-6H3,(H,49,53)(H,54,55)/t23-,24+,25-,26+,27-,29+,31+,33-,35+,37-,43+,44+,45+/m0/s1. The monoisotopic (exact) mass is 854 g/mol. The molecule has 59 heavy (non-hydrogen) atoms. The lowest BCUT2D eigenvalue weighted by Crippen LogP contribution is -2.58. The molecule has 14 heteroatoms. The van der Waals surface area contributed by atoms with E-state index in [1.54, 1.807) is 19.9 Å². The lowest BCUT2D eigenvalue weighted by Gasteiger charge is -2.55. The van der Waals surface area contributed by atoms with Gasteiger partial charge in [-0.1, -0.05) is 86.0 Å². The van der Waals surface area contributed by atoms with Gasteiger partial charge in [0.25, 0.3) is 5.91 Å². The highest BCUT2D eigenvalue weighted by Gasteiger charge is 2.67. The molecule has 1 spiro atoms. The molecule has 1 saturated carbocycles. The predicted octanol–water partition coefficient (Wildman–Crippen LogP) is 7.97. The number of H-pyrrole nitrogens is 1. The molecule has 7 rings (SSSR count). The SMILES string of the molecule is CC[C@H]1C[C@]23OC(=O)C(=C(O)[C@@]4(CC)[C@@H]5CC[C@H](C)[C@H](O[C@H]6C[C@@H](O)[C@H](NC(=O)c7[nH]c(Cl)cc7Cl)[C@@H](C)O6)[C@H]5C=C[C@H]4CC=CCC(C)=C[C@]2(C)C=C1C(=O)O)C3=O. The highest BCUT2D eigenvalue weighted by atomic mass is 35.5. The summed E-state index contributed by atoms with van der Waals surface area (Å²) in [5.74, 6) is -4.71. The van der Waals surface area contributed by atoms with E-state index in [4.69, 9.17) is 37.4 Å².